The molecule has 0 bridgehead atoms. The highest BCUT2D eigenvalue weighted by Crippen LogP contribution is 2.18. The van der Waals surface area contributed by atoms with Gasteiger partial charge in [-0.15, -0.1) is 0 Å². The number of morpholine rings is 1. The number of nitrogens with one attached hydrogen (secondary N) is 2. The van der Waals surface area contributed by atoms with E-state index in [2.05, 4.69) is 35.7 Å². The van der Waals surface area contributed by atoms with Gasteiger partial charge < -0.3 is 19.4 Å². The number of hydrogen-bond acceptors (Lipinski definition) is 9. The molecule has 9 nitrogen and oxygen atoms in total. The van der Waals surface area contributed by atoms with Crippen molar-refractivity contribution in [2.45, 2.75) is 0 Å². The number of hydrazone groups is 1. The van der Waals surface area contributed by atoms with Crippen molar-refractivity contribution in [2.24, 2.45) is 5.10 Å². The van der Waals surface area contributed by atoms with Crippen LogP contribution in [0.1, 0.15) is 5.76 Å². The summed E-state index contributed by atoms with van der Waals surface area (Å²) >= 11 is 0. The van der Waals surface area contributed by atoms with Gasteiger partial charge in [0.2, 0.25) is 17.8 Å². The van der Waals surface area contributed by atoms with E-state index in [1.54, 1.807) is 24.6 Å². The Morgan fingerprint density at radius 2 is 1.79 bits per heavy atom. The summed E-state index contributed by atoms with van der Waals surface area (Å²) in [7, 11) is 0. The van der Waals surface area contributed by atoms with Crippen LogP contribution in [0.15, 0.2) is 64.3 Å². The number of furan rings is 1. The average Bonchev–Trinajstić information content (AvgIpc) is 3.28. The third-order valence-electron chi connectivity index (χ3n) is 4.08. The van der Waals surface area contributed by atoms with Gasteiger partial charge in [-0.2, -0.15) is 20.1 Å². The van der Waals surface area contributed by atoms with Crippen molar-refractivity contribution in [1.82, 2.24) is 15.0 Å². The highest BCUT2D eigenvalue weighted by molar-refractivity contribution is 5.77. The minimum atomic E-state index is 0.350. The van der Waals surface area contributed by atoms with Crippen LogP contribution in [0.5, 0.6) is 0 Å². The molecule has 0 amide bonds. The van der Waals surface area contributed by atoms with E-state index in [4.69, 9.17) is 9.15 Å². The summed E-state index contributed by atoms with van der Waals surface area (Å²) in [5.41, 5.74) is 3.75. The summed E-state index contributed by atoms with van der Waals surface area (Å²) < 4.78 is 10.6. The zero-order valence-electron chi connectivity index (χ0n) is 15.7. The van der Waals surface area contributed by atoms with Gasteiger partial charge in [-0.05, 0) is 36.4 Å². The molecular weight excluding hydrogens is 370 g/mol. The van der Waals surface area contributed by atoms with Crippen LogP contribution < -0.4 is 15.6 Å². The molecule has 0 atom stereocenters. The van der Waals surface area contributed by atoms with E-state index in [9.17, 15) is 0 Å². The van der Waals surface area contributed by atoms with Crippen molar-refractivity contribution in [3.8, 4) is 0 Å². The maximum Gasteiger partial charge on any atom is 0.250 e. The SMILES string of the molecule is C(/C=C\c1ccco1)=NNc1nc(Nc2ccccc2)nc(N2CCOCC2)n1. The molecule has 0 unspecified atom stereocenters. The van der Waals surface area contributed by atoms with Crippen LogP contribution in [0.25, 0.3) is 6.08 Å². The predicted molar refractivity (Wildman–Crippen MR) is 112 cm³/mol. The number of benzene rings is 1. The van der Waals surface area contributed by atoms with Gasteiger partial charge in [0, 0.05) is 25.0 Å². The number of anilines is 4. The molecule has 1 fully saturated rings. The average molecular weight is 391 g/mol. The molecule has 3 heterocycles. The number of nitrogens with zero attached hydrogens (tertiary/aromatic N) is 5. The molecule has 9 heteroatoms. The molecule has 0 spiro atoms. The Hall–Kier alpha value is -3.72. The van der Waals surface area contributed by atoms with Crippen molar-refractivity contribution >= 4 is 35.8 Å². The molecule has 148 valence electrons. The molecule has 3 aromatic rings. The number of aromatic nitrogens is 3. The molecule has 0 aliphatic carbocycles. The van der Waals surface area contributed by atoms with Crippen LogP contribution in [-0.2, 0) is 4.74 Å². The van der Waals surface area contributed by atoms with Crippen molar-refractivity contribution in [2.75, 3.05) is 41.9 Å². The van der Waals surface area contributed by atoms with Crippen molar-refractivity contribution in [3.05, 3.63) is 60.6 Å². The normalized spacial score (nSPS) is 14.6. The molecule has 2 aromatic heterocycles. The molecule has 1 aliphatic rings. The number of allylic oxidation sites excluding steroid dienone is 1. The molecule has 0 saturated carbocycles. The van der Waals surface area contributed by atoms with Crippen LogP contribution >= 0.6 is 0 Å². The standard InChI is InChI=1S/C20H21N7O2/c1-2-6-16(7-3-1)22-18-23-19(25-20(24-18)27-11-14-28-15-12-27)26-21-10-4-8-17-9-5-13-29-17/h1-10,13H,11-12,14-15H2,(H2,22,23,24,25,26)/b8-4-,21-10?. The number of rotatable bonds is 7. The molecule has 4 rings (SSSR count). The zero-order valence-corrected chi connectivity index (χ0v) is 15.7. The topological polar surface area (TPSA) is 101 Å². The van der Waals surface area contributed by atoms with Gasteiger partial charge in [0.25, 0.3) is 0 Å². The Bertz CT molecular complexity index is 952. The molecule has 1 saturated heterocycles. The summed E-state index contributed by atoms with van der Waals surface area (Å²) in [4.78, 5) is 15.5. The Morgan fingerprint density at radius 3 is 2.59 bits per heavy atom. The van der Waals surface area contributed by atoms with Crippen molar-refractivity contribution < 1.29 is 9.15 Å². The Balaban J connectivity index is 1.50. The third kappa shape index (κ3) is 5.39. The highest BCUT2D eigenvalue weighted by Gasteiger charge is 2.16. The summed E-state index contributed by atoms with van der Waals surface area (Å²) in [5, 5.41) is 7.35. The van der Waals surface area contributed by atoms with Gasteiger partial charge >= 0.3 is 0 Å². The fourth-order valence-corrected chi connectivity index (χ4v) is 2.69. The zero-order chi connectivity index (χ0) is 19.7. The van der Waals surface area contributed by atoms with E-state index in [1.807, 2.05) is 42.5 Å². The molecule has 29 heavy (non-hydrogen) atoms. The lowest BCUT2D eigenvalue weighted by molar-refractivity contribution is 0.122. The van der Waals surface area contributed by atoms with Crippen LogP contribution in [0.4, 0.5) is 23.5 Å². The first-order chi connectivity index (χ1) is 14.4. The van der Waals surface area contributed by atoms with E-state index in [0.29, 0.717) is 31.1 Å². The summed E-state index contributed by atoms with van der Waals surface area (Å²) in [5.74, 6) is 2.12. The van der Waals surface area contributed by atoms with Crippen LogP contribution in [-0.4, -0.2) is 47.5 Å². The summed E-state index contributed by atoms with van der Waals surface area (Å²) in [6, 6.07) is 13.4. The second kappa shape index (κ2) is 9.47. The molecule has 0 radical (unpaired) electrons. The van der Waals surface area contributed by atoms with E-state index in [0.717, 1.165) is 24.5 Å². The fourth-order valence-electron chi connectivity index (χ4n) is 2.69. The first-order valence-corrected chi connectivity index (χ1v) is 9.27. The van der Waals surface area contributed by atoms with E-state index >= 15 is 0 Å². The lowest BCUT2D eigenvalue weighted by Crippen LogP contribution is -2.37. The number of hydrogen-bond donors (Lipinski definition) is 2. The predicted octanol–water partition coefficient (Wildman–Crippen LogP) is 3.16. The monoisotopic (exact) mass is 391 g/mol. The largest absolute Gasteiger partial charge is 0.465 e. The Kier molecular flexibility index (Phi) is 6.08. The second-order valence-corrected chi connectivity index (χ2v) is 6.14. The minimum Gasteiger partial charge on any atom is -0.465 e. The van der Waals surface area contributed by atoms with Crippen LogP contribution in [0.3, 0.4) is 0 Å². The van der Waals surface area contributed by atoms with Gasteiger partial charge in [0.05, 0.1) is 19.5 Å². The smallest absolute Gasteiger partial charge is 0.250 e. The second-order valence-electron chi connectivity index (χ2n) is 6.14. The highest BCUT2D eigenvalue weighted by atomic mass is 16.5. The Labute approximate surface area is 168 Å². The maximum absolute atomic E-state index is 5.42. The molecular formula is C20H21N7O2. The van der Waals surface area contributed by atoms with Gasteiger partial charge in [0.1, 0.15) is 5.76 Å². The molecule has 1 aromatic carbocycles. The van der Waals surface area contributed by atoms with E-state index in [1.165, 1.54) is 0 Å². The van der Waals surface area contributed by atoms with E-state index < -0.39 is 0 Å². The van der Waals surface area contributed by atoms with Gasteiger partial charge in [-0.3, -0.25) is 0 Å². The first-order valence-electron chi connectivity index (χ1n) is 9.27. The van der Waals surface area contributed by atoms with Gasteiger partial charge in [-0.25, -0.2) is 5.43 Å². The van der Waals surface area contributed by atoms with Crippen LogP contribution in [0, 0.1) is 0 Å². The fraction of sp³-hybridized carbons (Fsp3) is 0.200. The lowest BCUT2D eigenvalue weighted by atomic mass is 10.3. The van der Waals surface area contributed by atoms with Crippen molar-refractivity contribution in [1.29, 1.82) is 0 Å². The first kappa shape index (κ1) is 18.6. The third-order valence-corrected chi connectivity index (χ3v) is 4.08. The maximum atomic E-state index is 5.42. The summed E-state index contributed by atoms with van der Waals surface area (Å²) in [6.07, 6.45) is 6.79. The van der Waals surface area contributed by atoms with Crippen LogP contribution in [0.2, 0.25) is 0 Å². The summed E-state index contributed by atoms with van der Waals surface area (Å²) in [6.45, 7) is 2.74. The lowest BCUT2D eigenvalue weighted by Gasteiger charge is -2.27. The molecule has 2 N–H and O–H groups in total. The van der Waals surface area contributed by atoms with Crippen molar-refractivity contribution in [3.63, 3.8) is 0 Å². The number of para-hydroxylation sites is 1. The van der Waals surface area contributed by atoms with Gasteiger partial charge in [-0.1, -0.05) is 18.2 Å². The van der Waals surface area contributed by atoms with E-state index in [-0.39, 0.29) is 0 Å². The van der Waals surface area contributed by atoms with Gasteiger partial charge in [0.15, 0.2) is 0 Å². The quantitative estimate of drug-likeness (QED) is 0.468. The minimum absolute atomic E-state index is 0.350. The molecule has 1 aliphatic heterocycles. The number of ether oxygens (including phenoxy) is 1. The Morgan fingerprint density at radius 1 is 0.966 bits per heavy atom.